The minimum atomic E-state index is 0.0437. The fourth-order valence-electron chi connectivity index (χ4n) is 2.13. The molecule has 1 aromatic rings. The lowest BCUT2D eigenvalue weighted by Gasteiger charge is -2.23. The molecule has 0 aliphatic carbocycles. The van der Waals surface area contributed by atoms with Crippen LogP contribution in [0.15, 0.2) is 18.2 Å². The number of benzene rings is 1. The lowest BCUT2D eigenvalue weighted by Crippen LogP contribution is -2.17. The van der Waals surface area contributed by atoms with Crippen molar-refractivity contribution in [3.05, 3.63) is 29.3 Å². The molecule has 1 aromatic carbocycles. The molecule has 1 atom stereocenters. The molecule has 0 radical (unpaired) electrons. The standard InChI is InChI=1S/C16H27NO/c1-11(2)9-14(17)13-10-12(16(3,4)5)7-8-15(13)18-6/h7-8,10-11,14H,9,17H2,1-6H3. The van der Waals surface area contributed by atoms with Crippen LogP contribution in [0.2, 0.25) is 0 Å². The van der Waals surface area contributed by atoms with Gasteiger partial charge in [-0.25, -0.2) is 0 Å². The highest BCUT2D eigenvalue weighted by Gasteiger charge is 2.19. The monoisotopic (exact) mass is 249 g/mol. The molecule has 0 heterocycles. The van der Waals surface area contributed by atoms with Crippen molar-refractivity contribution < 1.29 is 4.74 Å². The summed E-state index contributed by atoms with van der Waals surface area (Å²) in [7, 11) is 1.71. The molecule has 0 fully saturated rings. The number of nitrogens with two attached hydrogens (primary N) is 1. The van der Waals surface area contributed by atoms with E-state index in [1.165, 1.54) is 5.56 Å². The first-order valence-electron chi connectivity index (χ1n) is 6.69. The first-order chi connectivity index (χ1) is 8.25. The summed E-state index contributed by atoms with van der Waals surface area (Å²) in [6.07, 6.45) is 0.976. The van der Waals surface area contributed by atoms with Gasteiger partial charge in [0.1, 0.15) is 5.75 Å². The Morgan fingerprint density at radius 3 is 2.28 bits per heavy atom. The molecule has 0 aliphatic heterocycles. The van der Waals surface area contributed by atoms with Crippen LogP contribution in [-0.2, 0) is 5.41 Å². The molecule has 1 unspecified atom stereocenters. The van der Waals surface area contributed by atoms with E-state index in [2.05, 4.69) is 46.8 Å². The highest BCUT2D eigenvalue weighted by molar-refractivity contribution is 5.41. The number of methoxy groups -OCH3 is 1. The third-order valence-corrected chi connectivity index (χ3v) is 3.22. The molecule has 2 heteroatoms. The number of hydrogen-bond acceptors (Lipinski definition) is 2. The van der Waals surface area contributed by atoms with E-state index in [1.54, 1.807) is 7.11 Å². The first-order valence-corrected chi connectivity index (χ1v) is 6.69. The normalized spacial score (nSPS) is 13.8. The molecule has 0 aliphatic rings. The highest BCUT2D eigenvalue weighted by atomic mass is 16.5. The van der Waals surface area contributed by atoms with Gasteiger partial charge in [-0.3, -0.25) is 0 Å². The third-order valence-electron chi connectivity index (χ3n) is 3.22. The van der Waals surface area contributed by atoms with Crippen LogP contribution in [0.3, 0.4) is 0 Å². The van der Waals surface area contributed by atoms with Gasteiger partial charge in [-0.05, 0) is 29.4 Å². The van der Waals surface area contributed by atoms with E-state index in [0.29, 0.717) is 5.92 Å². The molecule has 102 valence electrons. The minimum Gasteiger partial charge on any atom is -0.496 e. The SMILES string of the molecule is COc1ccc(C(C)(C)C)cc1C(N)CC(C)C. The van der Waals surface area contributed by atoms with Gasteiger partial charge in [0.05, 0.1) is 7.11 Å². The number of ether oxygens (including phenoxy) is 1. The molecule has 0 saturated carbocycles. The Hall–Kier alpha value is -1.02. The van der Waals surface area contributed by atoms with Gasteiger partial charge >= 0.3 is 0 Å². The second kappa shape index (κ2) is 5.75. The topological polar surface area (TPSA) is 35.2 Å². The summed E-state index contributed by atoms with van der Waals surface area (Å²) >= 11 is 0. The molecule has 0 aromatic heterocycles. The van der Waals surface area contributed by atoms with Gasteiger partial charge < -0.3 is 10.5 Å². The molecule has 0 saturated heterocycles. The van der Waals surface area contributed by atoms with Gasteiger partial charge in [-0.1, -0.05) is 46.8 Å². The van der Waals surface area contributed by atoms with E-state index in [0.717, 1.165) is 17.7 Å². The Bertz CT molecular complexity index is 391. The first kappa shape index (κ1) is 15.0. The van der Waals surface area contributed by atoms with Gasteiger partial charge in [-0.15, -0.1) is 0 Å². The van der Waals surface area contributed by atoms with Crippen LogP contribution in [0.25, 0.3) is 0 Å². The Kier molecular flexibility index (Phi) is 4.80. The van der Waals surface area contributed by atoms with Crippen molar-refractivity contribution in [3.8, 4) is 5.75 Å². The van der Waals surface area contributed by atoms with Crippen molar-refractivity contribution in [2.24, 2.45) is 11.7 Å². The Morgan fingerprint density at radius 1 is 1.22 bits per heavy atom. The molecule has 1 rings (SSSR count). The molecule has 18 heavy (non-hydrogen) atoms. The zero-order valence-corrected chi connectivity index (χ0v) is 12.6. The van der Waals surface area contributed by atoms with Crippen LogP contribution in [0, 0.1) is 5.92 Å². The molecule has 0 amide bonds. The molecule has 0 bridgehead atoms. The highest BCUT2D eigenvalue weighted by Crippen LogP contribution is 2.32. The van der Waals surface area contributed by atoms with Gasteiger partial charge in [0.15, 0.2) is 0 Å². The summed E-state index contributed by atoms with van der Waals surface area (Å²) in [5, 5.41) is 0. The predicted octanol–water partition coefficient (Wildman–Crippen LogP) is 4.04. The largest absolute Gasteiger partial charge is 0.496 e. The van der Waals surface area contributed by atoms with Gasteiger partial charge in [0, 0.05) is 11.6 Å². The van der Waals surface area contributed by atoms with Gasteiger partial charge in [0.2, 0.25) is 0 Å². The van der Waals surface area contributed by atoms with Gasteiger partial charge in [0.25, 0.3) is 0 Å². The van der Waals surface area contributed by atoms with Crippen LogP contribution in [0.1, 0.15) is 58.2 Å². The zero-order valence-electron chi connectivity index (χ0n) is 12.6. The van der Waals surface area contributed by atoms with Crippen LogP contribution >= 0.6 is 0 Å². The molecular formula is C16H27NO. The van der Waals surface area contributed by atoms with Gasteiger partial charge in [-0.2, -0.15) is 0 Å². The number of hydrogen-bond donors (Lipinski definition) is 1. The van der Waals surface area contributed by atoms with Crippen LogP contribution in [0.4, 0.5) is 0 Å². The summed E-state index contributed by atoms with van der Waals surface area (Å²) in [4.78, 5) is 0. The van der Waals surface area contributed by atoms with E-state index in [4.69, 9.17) is 10.5 Å². The summed E-state index contributed by atoms with van der Waals surface area (Å²) in [6.45, 7) is 11.0. The maximum atomic E-state index is 6.30. The molecule has 2 N–H and O–H groups in total. The van der Waals surface area contributed by atoms with E-state index >= 15 is 0 Å². The quantitative estimate of drug-likeness (QED) is 0.874. The minimum absolute atomic E-state index is 0.0437. The summed E-state index contributed by atoms with van der Waals surface area (Å²) in [5.41, 5.74) is 8.87. The Morgan fingerprint density at radius 2 is 1.83 bits per heavy atom. The van der Waals surface area contributed by atoms with Crippen molar-refractivity contribution in [1.29, 1.82) is 0 Å². The zero-order chi connectivity index (χ0) is 13.9. The fraction of sp³-hybridized carbons (Fsp3) is 0.625. The van der Waals surface area contributed by atoms with E-state index in [9.17, 15) is 0 Å². The van der Waals surface area contributed by atoms with Crippen molar-refractivity contribution in [3.63, 3.8) is 0 Å². The van der Waals surface area contributed by atoms with Crippen LogP contribution in [0.5, 0.6) is 5.75 Å². The lowest BCUT2D eigenvalue weighted by atomic mass is 9.84. The fourth-order valence-corrected chi connectivity index (χ4v) is 2.13. The third kappa shape index (κ3) is 3.74. The maximum absolute atomic E-state index is 6.30. The summed E-state index contributed by atoms with van der Waals surface area (Å²) in [6, 6.07) is 6.41. The maximum Gasteiger partial charge on any atom is 0.123 e. The average molecular weight is 249 g/mol. The number of rotatable bonds is 4. The Labute approximate surface area is 112 Å². The molecule has 2 nitrogen and oxygen atoms in total. The molecular weight excluding hydrogens is 222 g/mol. The van der Waals surface area contributed by atoms with Crippen molar-refractivity contribution >= 4 is 0 Å². The van der Waals surface area contributed by atoms with Crippen LogP contribution < -0.4 is 10.5 Å². The smallest absolute Gasteiger partial charge is 0.123 e. The van der Waals surface area contributed by atoms with E-state index in [1.807, 2.05) is 6.07 Å². The van der Waals surface area contributed by atoms with Crippen LogP contribution in [-0.4, -0.2) is 7.11 Å². The van der Waals surface area contributed by atoms with Crippen molar-refractivity contribution in [2.75, 3.05) is 7.11 Å². The Balaban J connectivity index is 3.14. The lowest BCUT2D eigenvalue weighted by molar-refractivity contribution is 0.398. The summed E-state index contributed by atoms with van der Waals surface area (Å²) in [5.74, 6) is 1.49. The molecule has 0 spiro atoms. The second-order valence-electron chi connectivity index (χ2n) is 6.44. The van der Waals surface area contributed by atoms with Crippen molar-refractivity contribution in [2.45, 2.75) is 52.5 Å². The summed E-state index contributed by atoms with van der Waals surface area (Å²) < 4.78 is 5.44. The van der Waals surface area contributed by atoms with E-state index in [-0.39, 0.29) is 11.5 Å². The second-order valence-corrected chi connectivity index (χ2v) is 6.44. The average Bonchev–Trinajstić information content (AvgIpc) is 2.26. The van der Waals surface area contributed by atoms with E-state index < -0.39 is 0 Å². The van der Waals surface area contributed by atoms with Crippen molar-refractivity contribution in [1.82, 2.24) is 0 Å². The predicted molar refractivity (Wildman–Crippen MR) is 78.1 cm³/mol.